The maximum absolute atomic E-state index is 13.6. The number of aromatic nitrogens is 3. The van der Waals surface area contributed by atoms with Gasteiger partial charge in [-0.1, -0.05) is 86.9 Å². The molecular formula is C88H89ClF8N6O12S3. The van der Waals surface area contributed by atoms with Gasteiger partial charge in [-0.15, -0.1) is 0 Å². The van der Waals surface area contributed by atoms with E-state index in [0.717, 1.165) is 82.5 Å². The summed E-state index contributed by atoms with van der Waals surface area (Å²) in [5, 5.41) is 40.4. The monoisotopic (exact) mass is 1720 g/mol. The zero-order valence-electron chi connectivity index (χ0n) is 74.8. The number of hydrogen-bond donors (Lipinski definition) is 6. The summed E-state index contributed by atoms with van der Waals surface area (Å²) in [6, 6.07) is 42.8. The van der Waals surface area contributed by atoms with E-state index in [4.69, 9.17) is 26.7 Å². The van der Waals surface area contributed by atoms with Crippen LogP contribution in [0.4, 0.5) is 35.1 Å². The molecule has 624 valence electrons. The Morgan fingerprint density at radius 2 is 0.831 bits per heavy atom. The number of rotatable bonds is 31. The third kappa shape index (κ3) is 21.7. The SMILES string of the molecule is [2H]C([2H])(C)C([2H])([2H])S(=O)(=O)c1ccc([C@@H](CO)NC(=O)c2ccc3c(c2)cc(Cc2ccc(F)cc2C(F)(F)F)n3CCF)cc1.[2H]C([2H])(O)[C@H](NC(=O)c1ccc2c(c1)cc(Cc1ccc(Cl)cc1C)n2CCF)c1ccc(S(=O)(=O)CC)cc1.[2H]C([2H])([2H])C([2H])([2H])S(=O)(=O)c1ccc([C@H](CO)NC(=O)c2ccc3c(c2)cc(Cc2ccc(F)cc2C)n3CCF)cc1. The van der Waals surface area contributed by atoms with Crippen molar-refractivity contribution in [2.24, 2.45) is 0 Å². The minimum Gasteiger partial charge on any atom is -0.394 e. The molecule has 0 spiro atoms. The van der Waals surface area contributed by atoms with Crippen LogP contribution in [0.3, 0.4) is 0 Å². The van der Waals surface area contributed by atoms with Gasteiger partial charge in [-0.25, -0.2) is 47.2 Å². The summed E-state index contributed by atoms with van der Waals surface area (Å²) in [5.74, 6) is -3.36. The summed E-state index contributed by atoms with van der Waals surface area (Å²) in [6.07, 6.45) is -6.87. The summed E-state index contributed by atoms with van der Waals surface area (Å²) in [7, 11) is -13.1. The van der Waals surface area contributed by atoms with Gasteiger partial charge in [-0.2, -0.15) is 13.2 Å². The van der Waals surface area contributed by atoms with Crippen molar-refractivity contribution in [3.63, 3.8) is 0 Å². The minimum atomic E-state index is -4.88. The van der Waals surface area contributed by atoms with Crippen molar-refractivity contribution in [1.29, 1.82) is 0 Å². The number of aliphatic hydroxyl groups is 3. The lowest BCUT2D eigenvalue weighted by atomic mass is 10.0. The molecule has 0 saturated heterocycles. The highest BCUT2D eigenvalue weighted by Crippen LogP contribution is 2.36. The van der Waals surface area contributed by atoms with E-state index in [1.165, 1.54) is 96.4 Å². The van der Waals surface area contributed by atoms with Gasteiger partial charge in [0.2, 0.25) is 0 Å². The first-order valence-corrected chi connectivity index (χ1v) is 41.5. The Balaban J connectivity index is 0.000000202. The first-order chi connectivity index (χ1) is 60.2. The van der Waals surface area contributed by atoms with Crippen LogP contribution in [0.25, 0.3) is 32.7 Å². The van der Waals surface area contributed by atoms with E-state index in [2.05, 4.69) is 16.0 Å². The van der Waals surface area contributed by atoms with Crippen LogP contribution in [-0.4, -0.2) is 129 Å². The van der Waals surface area contributed by atoms with Crippen LogP contribution in [0.2, 0.25) is 5.02 Å². The molecule has 18 nitrogen and oxygen atoms in total. The zero-order chi connectivity index (χ0) is 95.2. The van der Waals surface area contributed by atoms with Crippen LogP contribution >= 0.6 is 11.6 Å². The molecule has 6 N–H and O–H groups in total. The second-order valence-electron chi connectivity index (χ2n) is 27.2. The molecule has 118 heavy (non-hydrogen) atoms. The number of sulfone groups is 3. The molecule has 0 radical (unpaired) electrons. The summed E-state index contributed by atoms with van der Waals surface area (Å²) in [5.41, 5.74) is 0.691. The minimum absolute atomic E-state index is 0.0650. The summed E-state index contributed by atoms with van der Waals surface area (Å²) in [6.45, 7) is -3.30. The molecule has 0 saturated carbocycles. The van der Waals surface area contributed by atoms with Crippen LogP contribution in [0.15, 0.2) is 215 Å². The predicted molar refractivity (Wildman–Crippen MR) is 440 cm³/mol. The smallest absolute Gasteiger partial charge is 0.394 e. The number of amides is 3. The first kappa shape index (κ1) is 75.0. The largest absolute Gasteiger partial charge is 0.416 e. The first-order valence-electron chi connectivity index (χ1n) is 42.0. The number of fused-ring (bicyclic) bond motifs is 3. The molecule has 3 amide bonds. The highest BCUT2D eigenvalue weighted by molar-refractivity contribution is 7.92. The predicted octanol–water partition coefficient (Wildman–Crippen LogP) is 16.3. The van der Waals surface area contributed by atoms with Crippen LogP contribution in [-0.2, 0) is 74.6 Å². The van der Waals surface area contributed by atoms with Crippen LogP contribution in [0, 0.1) is 25.5 Å². The maximum atomic E-state index is 13.6. The van der Waals surface area contributed by atoms with Gasteiger partial charge in [0.05, 0.1) is 97.7 Å². The highest BCUT2D eigenvalue weighted by Gasteiger charge is 2.34. The van der Waals surface area contributed by atoms with E-state index in [-0.39, 0.29) is 75.9 Å². The Bertz CT molecular complexity index is 6500. The van der Waals surface area contributed by atoms with Gasteiger partial charge >= 0.3 is 6.18 Å². The van der Waals surface area contributed by atoms with E-state index in [0.29, 0.717) is 62.4 Å². The zero-order valence-corrected chi connectivity index (χ0v) is 67.0. The van der Waals surface area contributed by atoms with Crippen LogP contribution in [0.5, 0.6) is 0 Å². The second-order valence-corrected chi connectivity index (χ2v) is 33.3. The van der Waals surface area contributed by atoms with Crippen molar-refractivity contribution in [1.82, 2.24) is 29.7 Å². The average molecular weight is 1720 g/mol. The number of carbonyl (C=O) groups excluding carboxylic acids is 3. The van der Waals surface area contributed by atoms with E-state index in [1.807, 2.05) is 35.8 Å². The normalized spacial score (nSPS) is 14.7. The van der Waals surface area contributed by atoms with E-state index < -0.39 is 157 Å². The number of nitrogens with one attached hydrogen (secondary N) is 3. The van der Waals surface area contributed by atoms with Crippen LogP contribution < -0.4 is 16.0 Å². The standard InChI is InChI=1S/C30H29F5N2O4S.C29H30ClFN2O4S.C29H30F2N2O4S/c1-2-13-42(40,41)25-8-4-19(5-9-25)27(18-38)36-29(39)21-6-10-28-22(14-21)16-24(37(28)12-11-31)15-20-3-7-23(32)17-26(20)30(33,34)35;1-3-38(36,37)26-9-5-20(6-10-26)27(18-34)32-29(35)22-7-11-28-23(15-22)17-25(33(28)13-12-31)16-21-4-8-24(30)14-19(21)2;1-3-38(36,37)26-9-5-20(6-10-26)27(18-34)32-29(35)22-7-11-28-23(15-22)17-25(33(28)13-12-30)16-21-4-8-24(31)14-19(21)2/h3-10,14,16-17,27,38H,2,11-13,15,18H2,1H3,(H,36,39);2*4-11,14-15,17,27,34H,3,12-13,16,18H2,1-2H3,(H,32,35)/t3*27-/m100/s1/i2D2,13D2;18D2;1D3,3D2. The Morgan fingerprint density at radius 1 is 0.466 bits per heavy atom. The number of carbonyl (C=O) groups is 3. The van der Waals surface area contributed by atoms with Crippen molar-refractivity contribution >= 4 is 91.5 Å². The molecule has 30 heteroatoms. The van der Waals surface area contributed by atoms with Gasteiger partial charge in [0.1, 0.15) is 31.7 Å². The molecule has 12 rings (SSSR count). The van der Waals surface area contributed by atoms with Crippen molar-refractivity contribution in [3.05, 3.63) is 301 Å². The molecule has 0 unspecified atom stereocenters. The molecule has 12 aromatic rings. The molecule has 9 aromatic carbocycles. The molecule has 0 bridgehead atoms. The van der Waals surface area contributed by atoms with Gasteiger partial charge in [-0.05, 0) is 210 Å². The molecule has 3 atom stereocenters. The van der Waals surface area contributed by atoms with Gasteiger partial charge in [-0.3, -0.25) is 14.4 Å². The van der Waals surface area contributed by atoms with Gasteiger partial charge in [0.25, 0.3) is 17.7 Å². The van der Waals surface area contributed by atoms with Crippen molar-refractivity contribution in [3.8, 4) is 0 Å². The highest BCUT2D eigenvalue weighted by atomic mass is 35.5. The summed E-state index contributed by atoms with van der Waals surface area (Å²) >= 11 is 6.09. The third-order valence-corrected chi connectivity index (χ3v) is 24.2. The Morgan fingerprint density at radius 3 is 1.19 bits per heavy atom. The number of aryl methyl sites for hydroxylation is 5. The Kier molecular flexibility index (Phi) is 25.0. The van der Waals surface area contributed by atoms with Crippen LogP contribution in [0.1, 0.15) is 159 Å². The van der Waals surface area contributed by atoms with Gasteiger partial charge < -0.3 is 45.0 Å². The summed E-state index contributed by atoms with van der Waals surface area (Å²) in [4.78, 5) is 38.5. The quantitative estimate of drug-likeness (QED) is 0.0222. The number of hydrogen-bond acceptors (Lipinski definition) is 12. The molecule has 3 aromatic heterocycles. The number of benzene rings is 9. The van der Waals surface area contributed by atoms with E-state index >= 15 is 0 Å². The second kappa shape index (κ2) is 39.4. The lowest BCUT2D eigenvalue weighted by Gasteiger charge is -2.17. The fraction of sp³-hybridized carbons (Fsp3) is 0.284. The number of alkyl halides is 6. The number of aliphatic hydroxyl groups excluding tert-OH is 2. The van der Waals surface area contributed by atoms with E-state index in [1.54, 1.807) is 60.0 Å². The molecular weight excluding hydrogens is 1620 g/mol. The lowest BCUT2D eigenvalue weighted by Crippen LogP contribution is -2.30. The van der Waals surface area contributed by atoms with Gasteiger partial charge in [0, 0.05) is 103 Å². The van der Waals surface area contributed by atoms with E-state index in [9.17, 15) is 90.1 Å². The molecule has 0 aliphatic carbocycles. The number of nitrogens with zero attached hydrogens (tertiary/aromatic N) is 3. The molecule has 0 aliphatic rings. The molecule has 0 fully saturated rings. The Hall–Kier alpha value is -10.5. The third-order valence-electron chi connectivity index (χ3n) is 19.7. The van der Waals surface area contributed by atoms with Crippen molar-refractivity contribution < 1.29 is 105 Å². The number of halogens is 9. The average Bonchev–Trinajstić information content (AvgIpc) is 1.72. The molecule has 0 aliphatic heterocycles. The summed E-state index contributed by atoms with van der Waals surface area (Å²) < 4.78 is 272. The Labute approximate surface area is 699 Å². The fourth-order valence-corrected chi connectivity index (χ4v) is 16.2. The molecule has 3 heterocycles. The fourth-order valence-electron chi connectivity index (χ4n) is 13.6. The van der Waals surface area contributed by atoms with Crippen molar-refractivity contribution in [2.45, 2.75) is 119 Å². The maximum Gasteiger partial charge on any atom is 0.416 e. The topological polar surface area (TPSA) is 265 Å². The van der Waals surface area contributed by atoms with Crippen molar-refractivity contribution in [2.75, 3.05) is 57.0 Å². The lowest BCUT2D eigenvalue weighted by molar-refractivity contribution is -0.138. The van der Waals surface area contributed by atoms with Gasteiger partial charge in [0.15, 0.2) is 29.5 Å².